The van der Waals surface area contributed by atoms with E-state index in [1.165, 1.54) is 5.01 Å². The third kappa shape index (κ3) is 3.60. The fraction of sp³-hybridized carbons (Fsp3) is 0.263. The van der Waals surface area contributed by atoms with E-state index in [1.807, 2.05) is 56.3 Å². The molecule has 2 aromatic carbocycles. The molecule has 2 aromatic rings. The Bertz CT molecular complexity index is 741. The van der Waals surface area contributed by atoms with E-state index in [0.29, 0.717) is 11.6 Å². The first-order valence-corrected chi connectivity index (χ1v) is 8.40. The van der Waals surface area contributed by atoms with Crippen molar-refractivity contribution < 1.29 is 4.79 Å². The third-order valence-electron chi connectivity index (χ3n) is 3.90. The molecule has 1 N–H and O–H groups in total. The van der Waals surface area contributed by atoms with Crippen LogP contribution in [0.4, 0.5) is 4.79 Å². The molecule has 0 unspecified atom stereocenters. The number of nitrogens with one attached hydrogen (secondary N) is 1. The van der Waals surface area contributed by atoms with Gasteiger partial charge in [0, 0.05) is 17.0 Å². The van der Waals surface area contributed by atoms with Crippen LogP contribution in [0, 0.1) is 0 Å². The molecule has 0 aromatic heterocycles. The molecule has 0 aliphatic carbocycles. The summed E-state index contributed by atoms with van der Waals surface area (Å²) in [6.07, 6.45) is 0. The van der Waals surface area contributed by atoms with Gasteiger partial charge >= 0.3 is 6.03 Å². The predicted octanol–water partition coefficient (Wildman–Crippen LogP) is 4.26. The molecule has 0 radical (unpaired) electrons. The molecule has 0 bridgehead atoms. The Morgan fingerprint density at radius 1 is 1.17 bits per heavy atom. The van der Waals surface area contributed by atoms with Gasteiger partial charge in [-0.05, 0) is 37.1 Å². The molecule has 0 saturated carbocycles. The van der Waals surface area contributed by atoms with E-state index in [9.17, 15) is 4.79 Å². The zero-order valence-corrected chi connectivity index (χ0v) is 14.5. The second kappa shape index (κ2) is 7.05. The van der Waals surface area contributed by atoms with Crippen LogP contribution in [0.25, 0.3) is 0 Å². The number of halogens is 1. The number of carbonyl (C=O) groups is 1. The first-order valence-electron chi connectivity index (χ1n) is 8.02. The van der Waals surface area contributed by atoms with Crippen molar-refractivity contribution in [3.05, 3.63) is 70.7 Å². The van der Waals surface area contributed by atoms with E-state index < -0.39 is 0 Å². The van der Waals surface area contributed by atoms with Gasteiger partial charge in [-0.15, -0.1) is 0 Å². The summed E-state index contributed by atoms with van der Waals surface area (Å²) in [6, 6.07) is 17.6. The monoisotopic (exact) mass is 341 g/mol. The van der Waals surface area contributed by atoms with Crippen molar-refractivity contribution in [3.8, 4) is 0 Å². The van der Waals surface area contributed by atoms with Gasteiger partial charge < -0.3 is 5.32 Å². The first kappa shape index (κ1) is 16.5. The van der Waals surface area contributed by atoms with Crippen LogP contribution in [0.3, 0.4) is 0 Å². The van der Waals surface area contributed by atoms with Crippen LogP contribution in [-0.2, 0) is 0 Å². The van der Waals surface area contributed by atoms with E-state index in [2.05, 4.69) is 22.6 Å². The molecule has 124 valence electrons. The molecule has 0 saturated heterocycles. The van der Waals surface area contributed by atoms with Gasteiger partial charge in [0.1, 0.15) is 0 Å². The molecule has 24 heavy (non-hydrogen) atoms. The SMILES string of the molecule is CC(C)NC(=O)N1C[C@@H](c2ccccc2)C(c2ccc(Cl)cc2)=N1. The molecule has 0 fully saturated rings. The van der Waals surface area contributed by atoms with Crippen LogP contribution in [0.5, 0.6) is 0 Å². The van der Waals surface area contributed by atoms with Crippen molar-refractivity contribution in [1.29, 1.82) is 0 Å². The number of carbonyl (C=O) groups excluding carboxylic acids is 1. The normalized spacial score (nSPS) is 17.1. The highest BCUT2D eigenvalue weighted by Crippen LogP contribution is 2.29. The van der Waals surface area contributed by atoms with Gasteiger partial charge in [-0.1, -0.05) is 54.1 Å². The molecule has 1 aliphatic heterocycles. The summed E-state index contributed by atoms with van der Waals surface area (Å²) in [5, 5.41) is 9.69. The zero-order chi connectivity index (χ0) is 17.1. The van der Waals surface area contributed by atoms with Gasteiger partial charge in [-0.25, -0.2) is 9.80 Å². The number of amides is 2. The molecule has 3 rings (SSSR count). The number of benzene rings is 2. The third-order valence-corrected chi connectivity index (χ3v) is 4.15. The van der Waals surface area contributed by atoms with E-state index in [1.54, 1.807) is 0 Å². The molecular formula is C19H20ClN3O. The van der Waals surface area contributed by atoms with Crippen LogP contribution >= 0.6 is 11.6 Å². The highest BCUT2D eigenvalue weighted by atomic mass is 35.5. The summed E-state index contributed by atoms with van der Waals surface area (Å²) in [5.74, 6) is 0.0466. The van der Waals surface area contributed by atoms with Crippen molar-refractivity contribution in [2.75, 3.05) is 6.54 Å². The highest BCUT2D eigenvalue weighted by molar-refractivity contribution is 6.30. The molecule has 1 aliphatic rings. The highest BCUT2D eigenvalue weighted by Gasteiger charge is 2.32. The summed E-state index contributed by atoms with van der Waals surface area (Å²) >= 11 is 5.99. The Labute approximate surface area is 147 Å². The largest absolute Gasteiger partial charge is 0.338 e. The van der Waals surface area contributed by atoms with Crippen molar-refractivity contribution in [3.63, 3.8) is 0 Å². The maximum Gasteiger partial charge on any atom is 0.338 e. The molecule has 0 spiro atoms. The average molecular weight is 342 g/mol. The van der Waals surface area contributed by atoms with Gasteiger partial charge in [-0.3, -0.25) is 0 Å². The summed E-state index contributed by atoms with van der Waals surface area (Å²) in [4.78, 5) is 12.4. The second-order valence-corrected chi connectivity index (χ2v) is 6.58. The smallest absolute Gasteiger partial charge is 0.334 e. The van der Waals surface area contributed by atoms with Crippen molar-refractivity contribution >= 4 is 23.3 Å². The lowest BCUT2D eigenvalue weighted by molar-refractivity contribution is 0.201. The Kier molecular flexibility index (Phi) is 4.86. The lowest BCUT2D eigenvalue weighted by Gasteiger charge is -2.17. The summed E-state index contributed by atoms with van der Waals surface area (Å²) < 4.78 is 0. The quantitative estimate of drug-likeness (QED) is 0.890. The molecule has 1 atom stereocenters. The minimum atomic E-state index is -0.171. The van der Waals surface area contributed by atoms with Crippen LogP contribution in [0.1, 0.15) is 30.9 Å². The van der Waals surface area contributed by atoms with Crippen LogP contribution in [0.15, 0.2) is 59.7 Å². The Balaban J connectivity index is 1.94. The van der Waals surface area contributed by atoms with Crippen LogP contribution in [0.2, 0.25) is 5.02 Å². The van der Waals surface area contributed by atoms with E-state index in [4.69, 9.17) is 11.6 Å². The second-order valence-electron chi connectivity index (χ2n) is 6.14. The standard InChI is InChI=1S/C19H20ClN3O/c1-13(2)21-19(24)23-12-17(14-6-4-3-5-7-14)18(22-23)15-8-10-16(20)11-9-15/h3-11,13,17H,12H2,1-2H3,(H,21,24)/t17-/m0/s1. The van der Waals surface area contributed by atoms with Gasteiger partial charge in [0.15, 0.2) is 0 Å². The molecular weight excluding hydrogens is 322 g/mol. The number of rotatable bonds is 3. The molecule has 2 amide bonds. The maximum absolute atomic E-state index is 12.4. The van der Waals surface area contributed by atoms with Crippen LogP contribution in [-0.4, -0.2) is 29.3 Å². The molecule has 5 heteroatoms. The fourth-order valence-corrected chi connectivity index (χ4v) is 2.90. The number of urea groups is 1. The lowest BCUT2D eigenvalue weighted by atomic mass is 9.91. The van der Waals surface area contributed by atoms with Gasteiger partial charge in [0.05, 0.1) is 12.3 Å². The zero-order valence-electron chi connectivity index (χ0n) is 13.7. The van der Waals surface area contributed by atoms with Crippen molar-refractivity contribution in [1.82, 2.24) is 10.3 Å². The molecule has 4 nitrogen and oxygen atoms in total. The summed E-state index contributed by atoms with van der Waals surface area (Å²) in [7, 11) is 0. The van der Waals surface area contributed by atoms with Gasteiger partial charge in [0.2, 0.25) is 0 Å². The van der Waals surface area contributed by atoms with E-state index in [0.717, 1.165) is 16.8 Å². The maximum atomic E-state index is 12.4. The Morgan fingerprint density at radius 3 is 2.46 bits per heavy atom. The Morgan fingerprint density at radius 2 is 1.83 bits per heavy atom. The number of hydrogen-bond acceptors (Lipinski definition) is 2. The number of hydrogen-bond donors (Lipinski definition) is 1. The van der Waals surface area contributed by atoms with E-state index >= 15 is 0 Å². The topological polar surface area (TPSA) is 44.7 Å². The van der Waals surface area contributed by atoms with E-state index in [-0.39, 0.29) is 18.0 Å². The number of nitrogens with zero attached hydrogens (tertiary/aromatic N) is 2. The summed E-state index contributed by atoms with van der Waals surface area (Å²) in [5.41, 5.74) is 3.01. The first-order chi connectivity index (χ1) is 11.5. The minimum absolute atomic E-state index is 0.0466. The van der Waals surface area contributed by atoms with Gasteiger partial charge in [-0.2, -0.15) is 5.10 Å². The molecule has 1 heterocycles. The summed E-state index contributed by atoms with van der Waals surface area (Å²) in [6.45, 7) is 4.40. The van der Waals surface area contributed by atoms with Crippen molar-refractivity contribution in [2.24, 2.45) is 5.10 Å². The van der Waals surface area contributed by atoms with Gasteiger partial charge in [0.25, 0.3) is 0 Å². The van der Waals surface area contributed by atoms with Crippen molar-refractivity contribution in [2.45, 2.75) is 25.8 Å². The predicted molar refractivity (Wildman–Crippen MR) is 97.5 cm³/mol. The number of hydrazone groups is 1. The Hall–Kier alpha value is -2.33. The lowest BCUT2D eigenvalue weighted by Crippen LogP contribution is -2.39. The fourth-order valence-electron chi connectivity index (χ4n) is 2.78. The van der Waals surface area contributed by atoms with Crippen LogP contribution < -0.4 is 5.32 Å². The average Bonchev–Trinajstić information content (AvgIpc) is 3.01. The minimum Gasteiger partial charge on any atom is -0.334 e.